The number of hydrogen-bond acceptors (Lipinski definition) is 2. The highest BCUT2D eigenvalue weighted by Crippen LogP contribution is 2.24. The van der Waals surface area contributed by atoms with Crippen molar-refractivity contribution in [2.75, 3.05) is 13.1 Å². The average molecular weight is 329 g/mol. The van der Waals surface area contributed by atoms with Crippen molar-refractivity contribution in [1.29, 1.82) is 0 Å². The molecule has 1 fully saturated rings. The zero-order valence-electron chi connectivity index (χ0n) is 11.8. The van der Waals surface area contributed by atoms with Crippen molar-refractivity contribution in [3.8, 4) is 0 Å². The lowest BCUT2D eigenvalue weighted by Gasteiger charge is -2.33. The van der Waals surface area contributed by atoms with E-state index in [2.05, 4.69) is 46.9 Å². The van der Waals surface area contributed by atoms with Gasteiger partial charge in [0.05, 0.1) is 4.47 Å². The quantitative estimate of drug-likeness (QED) is 0.893. The lowest BCUT2D eigenvalue weighted by molar-refractivity contribution is 0.172. The molecule has 0 radical (unpaired) electrons. The number of nitrogens with one attached hydrogen (secondary N) is 1. The molecule has 106 valence electrons. The van der Waals surface area contributed by atoms with Gasteiger partial charge in [0.25, 0.3) is 0 Å². The van der Waals surface area contributed by atoms with Gasteiger partial charge in [-0.05, 0) is 61.3 Å². The van der Waals surface area contributed by atoms with E-state index >= 15 is 0 Å². The van der Waals surface area contributed by atoms with Crippen LogP contribution in [0.25, 0.3) is 0 Å². The Morgan fingerprint density at radius 1 is 1.47 bits per heavy atom. The highest BCUT2D eigenvalue weighted by molar-refractivity contribution is 9.10. The van der Waals surface area contributed by atoms with Crippen molar-refractivity contribution in [3.05, 3.63) is 34.1 Å². The van der Waals surface area contributed by atoms with Gasteiger partial charge in [-0.1, -0.05) is 12.1 Å². The van der Waals surface area contributed by atoms with Gasteiger partial charge < -0.3 is 5.32 Å². The van der Waals surface area contributed by atoms with Crippen LogP contribution in [0.2, 0.25) is 0 Å². The summed E-state index contributed by atoms with van der Waals surface area (Å²) in [4.78, 5) is 2.43. The van der Waals surface area contributed by atoms with E-state index in [0.29, 0.717) is 10.5 Å². The van der Waals surface area contributed by atoms with Crippen LogP contribution in [0.3, 0.4) is 0 Å². The molecule has 1 aromatic rings. The molecule has 1 heterocycles. The fourth-order valence-electron chi connectivity index (χ4n) is 2.62. The van der Waals surface area contributed by atoms with E-state index in [4.69, 9.17) is 0 Å². The molecule has 1 aromatic carbocycles. The summed E-state index contributed by atoms with van der Waals surface area (Å²) in [5.74, 6) is -0.183. The first kappa shape index (κ1) is 14.9. The third-order valence-corrected chi connectivity index (χ3v) is 4.68. The second-order valence-corrected chi connectivity index (χ2v) is 6.86. The Morgan fingerprint density at radius 3 is 2.95 bits per heavy atom. The van der Waals surface area contributed by atoms with Crippen molar-refractivity contribution >= 4 is 15.9 Å². The number of hydrogen-bond donors (Lipinski definition) is 1. The smallest absolute Gasteiger partial charge is 0.137 e. The maximum atomic E-state index is 13.6. The molecule has 2 rings (SSSR count). The standard InChI is InChI=1S/C15H22BrFN2/c1-11-7-8-18-15(2,3)10-19(11)9-12-5-4-6-13(17)14(12)16/h4-6,11,18H,7-10H2,1-3H3. The summed E-state index contributed by atoms with van der Waals surface area (Å²) in [6, 6.07) is 5.77. The SMILES string of the molecule is CC1CCNC(C)(C)CN1Cc1cccc(F)c1Br. The summed E-state index contributed by atoms with van der Waals surface area (Å²) in [6.45, 7) is 9.48. The summed E-state index contributed by atoms with van der Waals surface area (Å²) in [5, 5.41) is 3.57. The van der Waals surface area contributed by atoms with Gasteiger partial charge in [-0.25, -0.2) is 4.39 Å². The van der Waals surface area contributed by atoms with Gasteiger partial charge >= 0.3 is 0 Å². The predicted molar refractivity (Wildman–Crippen MR) is 80.7 cm³/mol. The molecule has 0 bridgehead atoms. The molecule has 19 heavy (non-hydrogen) atoms. The average Bonchev–Trinajstić information content (AvgIpc) is 2.45. The van der Waals surface area contributed by atoms with Gasteiger partial charge in [-0.3, -0.25) is 4.90 Å². The second-order valence-electron chi connectivity index (χ2n) is 6.07. The first-order chi connectivity index (χ1) is 8.89. The number of nitrogens with zero attached hydrogens (tertiary/aromatic N) is 1. The van der Waals surface area contributed by atoms with Gasteiger partial charge in [-0.2, -0.15) is 0 Å². The Hall–Kier alpha value is -0.450. The maximum absolute atomic E-state index is 13.6. The Labute approximate surface area is 123 Å². The molecule has 1 aliphatic rings. The number of halogens is 2. The van der Waals surface area contributed by atoms with Crippen LogP contribution in [0.4, 0.5) is 4.39 Å². The molecule has 1 atom stereocenters. The van der Waals surface area contributed by atoms with Crippen molar-refractivity contribution in [1.82, 2.24) is 10.2 Å². The third kappa shape index (κ3) is 3.77. The fourth-order valence-corrected chi connectivity index (χ4v) is 3.01. The Kier molecular flexibility index (Phi) is 4.64. The largest absolute Gasteiger partial charge is 0.310 e. The Morgan fingerprint density at radius 2 is 2.21 bits per heavy atom. The summed E-state index contributed by atoms with van der Waals surface area (Å²) < 4.78 is 14.2. The van der Waals surface area contributed by atoms with Gasteiger partial charge in [-0.15, -0.1) is 0 Å². The van der Waals surface area contributed by atoms with E-state index in [-0.39, 0.29) is 11.4 Å². The highest BCUT2D eigenvalue weighted by Gasteiger charge is 2.28. The minimum absolute atomic E-state index is 0.102. The molecular weight excluding hydrogens is 307 g/mol. The molecule has 4 heteroatoms. The van der Waals surface area contributed by atoms with Crippen LogP contribution >= 0.6 is 15.9 Å². The monoisotopic (exact) mass is 328 g/mol. The van der Waals surface area contributed by atoms with Crippen LogP contribution in [0, 0.1) is 5.82 Å². The van der Waals surface area contributed by atoms with Crippen LogP contribution in [0.15, 0.2) is 22.7 Å². The first-order valence-electron chi connectivity index (χ1n) is 6.81. The van der Waals surface area contributed by atoms with E-state index in [1.807, 2.05) is 6.07 Å². The minimum atomic E-state index is -0.183. The summed E-state index contributed by atoms with van der Waals surface area (Å²) in [6.07, 6.45) is 1.12. The van der Waals surface area contributed by atoms with Crippen molar-refractivity contribution in [2.45, 2.75) is 45.3 Å². The van der Waals surface area contributed by atoms with Crippen molar-refractivity contribution in [2.24, 2.45) is 0 Å². The normalized spacial score (nSPS) is 24.2. The summed E-state index contributed by atoms with van der Waals surface area (Å²) in [5.41, 5.74) is 1.12. The molecule has 0 saturated carbocycles. The summed E-state index contributed by atoms with van der Waals surface area (Å²) >= 11 is 3.36. The van der Waals surface area contributed by atoms with Gasteiger partial charge in [0.1, 0.15) is 5.82 Å². The van der Waals surface area contributed by atoms with Gasteiger partial charge in [0.2, 0.25) is 0 Å². The second kappa shape index (κ2) is 5.90. The first-order valence-corrected chi connectivity index (χ1v) is 7.60. The van der Waals surface area contributed by atoms with E-state index in [0.717, 1.165) is 31.6 Å². The van der Waals surface area contributed by atoms with E-state index in [1.165, 1.54) is 6.07 Å². The molecule has 0 aromatic heterocycles. The van der Waals surface area contributed by atoms with Crippen molar-refractivity contribution in [3.63, 3.8) is 0 Å². The van der Waals surface area contributed by atoms with Crippen LogP contribution < -0.4 is 5.32 Å². The van der Waals surface area contributed by atoms with E-state index in [1.54, 1.807) is 6.07 Å². The van der Waals surface area contributed by atoms with Crippen LogP contribution in [-0.4, -0.2) is 29.6 Å². The van der Waals surface area contributed by atoms with Gasteiger partial charge in [0, 0.05) is 24.7 Å². The zero-order chi connectivity index (χ0) is 14.0. The van der Waals surface area contributed by atoms with Crippen molar-refractivity contribution < 1.29 is 4.39 Å². The molecule has 1 aliphatic heterocycles. The Balaban J connectivity index is 2.18. The van der Waals surface area contributed by atoms with Crippen LogP contribution in [0.5, 0.6) is 0 Å². The Bertz CT molecular complexity index is 448. The molecule has 0 spiro atoms. The highest BCUT2D eigenvalue weighted by atomic mass is 79.9. The predicted octanol–water partition coefficient (Wildman–Crippen LogP) is 3.55. The minimum Gasteiger partial charge on any atom is -0.310 e. The molecule has 1 N–H and O–H groups in total. The van der Waals surface area contributed by atoms with E-state index in [9.17, 15) is 4.39 Å². The maximum Gasteiger partial charge on any atom is 0.137 e. The molecule has 0 amide bonds. The van der Waals surface area contributed by atoms with Crippen LogP contribution in [0.1, 0.15) is 32.8 Å². The fraction of sp³-hybridized carbons (Fsp3) is 0.600. The summed E-state index contributed by atoms with van der Waals surface area (Å²) in [7, 11) is 0. The molecule has 2 nitrogen and oxygen atoms in total. The molecule has 0 aliphatic carbocycles. The third-order valence-electron chi connectivity index (χ3n) is 3.79. The molecular formula is C15H22BrFN2. The zero-order valence-corrected chi connectivity index (χ0v) is 13.4. The topological polar surface area (TPSA) is 15.3 Å². The number of rotatable bonds is 2. The van der Waals surface area contributed by atoms with Crippen LogP contribution in [-0.2, 0) is 6.54 Å². The molecule has 1 unspecified atom stereocenters. The number of benzene rings is 1. The van der Waals surface area contributed by atoms with Gasteiger partial charge in [0.15, 0.2) is 0 Å². The molecule has 1 saturated heterocycles. The lowest BCUT2D eigenvalue weighted by Crippen LogP contribution is -2.47. The lowest BCUT2D eigenvalue weighted by atomic mass is 10.0. The van der Waals surface area contributed by atoms with E-state index < -0.39 is 0 Å².